The highest BCUT2D eigenvalue weighted by Crippen LogP contribution is 2.16. The van der Waals surface area contributed by atoms with Crippen molar-refractivity contribution in [3.63, 3.8) is 0 Å². The van der Waals surface area contributed by atoms with E-state index in [0.717, 1.165) is 5.19 Å². The summed E-state index contributed by atoms with van der Waals surface area (Å²) in [5, 5.41) is 0.931. The number of halogens is 2. The van der Waals surface area contributed by atoms with Gasteiger partial charge in [0.15, 0.2) is 0 Å². The highest BCUT2D eigenvalue weighted by atomic mass is 28.3. The Labute approximate surface area is 83.7 Å². The van der Waals surface area contributed by atoms with E-state index in [1.165, 1.54) is 0 Å². The van der Waals surface area contributed by atoms with Crippen molar-refractivity contribution in [2.75, 3.05) is 0 Å². The standard InChI is InChI=1S/C10H14F2OSi/c1-14(2,3)9-7-5-4-6-8(9)13-10(11)12/h4-7,10H,1-3H3. The van der Waals surface area contributed by atoms with Crippen LogP contribution < -0.4 is 9.92 Å². The first kappa shape index (κ1) is 11.2. The van der Waals surface area contributed by atoms with Crippen molar-refractivity contribution in [2.24, 2.45) is 0 Å². The Morgan fingerprint density at radius 2 is 1.71 bits per heavy atom. The van der Waals surface area contributed by atoms with Gasteiger partial charge in [-0.1, -0.05) is 37.8 Å². The molecule has 78 valence electrons. The number of para-hydroxylation sites is 1. The Balaban J connectivity index is 3.04. The van der Waals surface area contributed by atoms with Crippen molar-refractivity contribution < 1.29 is 13.5 Å². The molecular weight excluding hydrogens is 202 g/mol. The summed E-state index contributed by atoms with van der Waals surface area (Å²) in [6.45, 7) is 3.55. The van der Waals surface area contributed by atoms with Crippen molar-refractivity contribution in [1.82, 2.24) is 0 Å². The van der Waals surface area contributed by atoms with Crippen LogP contribution in [0.3, 0.4) is 0 Å². The summed E-state index contributed by atoms with van der Waals surface area (Å²) in [4.78, 5) is 0. The third-order valence-corrected chi connectivity index (χ3v) is 3.94. The van der Waals surface area contributed by atoms with Gasteiger partial charge in [-0.3, -0.25) is 0 Å². The quantitative estimate of drug-likeness (QED) is 0.706. The molecule has 0 aliphatic heterocycles. The summed E-state index contributed by atoms with van der Waals surface area (Å²) >= 11 is 0. The minimum atomic E-state index is -2.74. The van der Waals surface area contributed by atoms with Crippen LogP contribution in [-0.2, 0) is 0 Å². The van der Waals surface area contributed by atoms with Crippen LogP contribution in [0.1, 0.15) is 0 Å². The first-order valence-electron chi connectivity index (χ1n) is 4.45. The van der Waals surface area contributed by atoms with Gasteiger partial charge in [0.2, 0.25) is 0 Å². The van der Waals surface area contributed by atoms with Gasteiger partial charge in [-0.15, -0.1) is 0 Å². The maximum atomic E-state index is 12.1. The van der Waals surface area contributed by atoms with Gasteiger partial charge >= 0.3 is 6.61 Å². The lowest BCUT2D eigenvalue weighted by atomic mass is 10.3. The lowest BCUT2D eigenvalue weighted by Crippen LogP contribution is -2.38. The molecule has 1 aromatic carbocycles. The predicted molar refractivity (Wildman–Crippen MR) is 56.1 cm³/mol. The van der Waals surface area contributed by atoms with Gasteiger partial charge in [-0.2, -0.15) is 8.78 Å². The minimum absolute atomic E-state index is 0.321. The van der Waals surface area contributed by atoms with E-state index in [4.69, 9.17) is 0 Å². The number of rotatable bonds is 3. The molecule has 0 aliphatic carbocycles. The molecule has 0 unspecified atom stereocenters. The second-order valence-electron chi connectivity index (χ2n) is 4.12. The first-order chi connectivity index (χ1) is 6.41. The monoisotopic (exact) mass is 216 g/mol. The molecule has 0 radical (unpaired) electrons. The molecule has 0 atom stereocenters. The van der Waals surface area contributed by atoms with E-state index in [1.54, 1.807) is 12.1 Å². The number of hydrogen-bond donors (Lipinski definition) is 0. The zero-order valence-corrected chi connectivity index (χ0v) is 9.55. The SMILES string of the molecule is C[Si](C)(C)c1ccccc1OC(F)F. The molecule has 1 aromatic rings. The van der Waals surface area contributed by atoms with Crippen molar-refractivity contribution in [2.45, 2.75) is 26.3 Å². The van der Waals surface area contributed by atoms with Crippen LogP contribution in [0, 0.1) is 0 Å². The van der Waals surface area contributed by atoms with Gasteiger partial charge in [-0.25, -0.2) is 0 Å². The van der Waals surface area contributed by atoms with E-state index >= 15 is 0 Å². The molecule has 0 bridgehead atoms. The van der Waals surface area contributed by atoms with E-state index in [-0.39, 0.29) is 0 Å². The average Bonchev–Trinajstić information content (AvgIpc) is 2.01. The van der Waals surface area contributed by atoms with Crippen LogP contribution >= 0.6 is 0 Å². The Kier molecular flexibility index (Phi) is 3.26. The second-order valence-corrected chi connectivity index (χ2v) is 9.16. The molecular formula is C10H14F2OSi. The smallest absolute Gasteiger partial charge is 0.387 e. The van der Waals surface area contributed by atoms with Gasteiger partial charge in [0.1, 0.15) is 5.75 Å². The highest BCUT2D eigenvalue weighted by Gasteiger charge is 2.21. The van der Waals surface area contributed by atoms with Crippen molar-refractivity contribution in [3.05, 3.63) is 24.3 Å². The molecule has 0 N–H and O–H groups in total. The van der Waals surface area contributed by atoms with E-state index in [9.17, 15) is 8.78 Å². The summed E-state index contributed by atoms with van der Waals surface area (Å²) < 4.78 is 28.6. The first-order valence-corrected chi connectivity index (χ1v) is 7.95. The summed E-state index contributed by atoms with van der Waals surface area (Å²) in [5.41, 5.74) is 0. The summed E-state index contributed by atoms with van der Waals surface area (Å²) in [6, 6.07) is 7.02. The molecule has 0 heterocycles. The van der Waals surface area contributed by atoms with Gasteiger partial charge in [-0.05, 0) is 11.3 Å². The third-order valence-electron chi connectivity index (χ3n) is 1.91. The maximum Gasteiger partial charge on any atom is 0.387 e. The molecule has 0 saturated carbocycles. The lowest BCUT2D eigenvalue weighted by molar-refractivity contribution is -0.0491. The Morgan fingerprint density at radius 3 is 2.21 bits per heavy atom. The van der Waals surface area contributed by atoms with Crippen LogP contribution in [-0.4, -0.2) is 14.7 Å². The summed E-state index contributed by atoms with van der Waals surface area (Å²) in [6.07, 6.45) is 0. The number of alkyl halides is 2. The fourth-order valence-electron chi connectivity index (χ4n) is 1.28. The van der Waals surface area contributed by atoms with E-state index in [1.807, 2.05) is 12.1 Å². The lowest BCUT2D eigenvalue weighted by Gasteiger charge is -2.20. The Morgan fingerprint density at radius 1 is 1.14 bits per heavy atom. The number of benzene rings is 1. The van der Waals surface area contributed by atoms with Gasteiger partial charge in [0.25, 0.3) is 0 Å². The number of ether oxygens (including phenoxy) is 1. The summed E-state index contributed by atoms with van der Waals surface area (Å²) in [7, 11) is -1.60. The van der Waals surface area contributed by atoms with E-state index in [2.05, 4.69) is 24.4 Å². The molecule has 1 rings (SSSR count). The molecule has 0 spiro atoms. The molecule has 0 amide bonds. The van der Waals surface area contributed by atoms with Crippen molar-refractivity contribution in [1.29, 1.82) is 0 Å². The van der Waals surface area contributed by atoms with Crippen molar-refractivity contribution >= 4 is 13.3 Å². The average molecular weight is 216 g/mol. The second kappa shape index (κ2) is 4.08. The van der Waals surface area contributed by atoms with E-state index in [0.29, 0.717) is 5.75 Å². The predicted octanol–water partition coefficient (Wildman–Crippen LogP) is 2.83. The van der Waals surface area contributed by atoms with Crippen molar-refractivity contribution in [3.8, 4) is 5.75 Å². The van der Waals surface area contributed by atoms with Crippen LogP contribution in [0.5, 0.6) is 5.75 Å². The largest absolute Gasteiger partial charge is 0.435 e. The van der Waals surface area contributed by atoms with Crippen LogP contribution in [0.4, 0.5) is 8.78 Å². The van der Waals surface area contributed by atoms with Gasteiger partial charge < -0.3 is 4.74 Å². The molecule has 14 heavy (non-hydrogen) atoms. The van der Waals surface area contributed by atoms with Gasteiger partial charge in [0, 0.05) is 0 Å². The molecule has 1 nitrogen and oxygen atoms in total. The summed E-state index contributed by atoms with van der Waals surface area (Å²) in [5.74, 6) is 0.321. The van der Waals surface area contributed by atoms with E-state index < -0.39 is 14.7 Å². The number of hydrogen-bond acceptors (Lipinski definition) is 1. The minimum Gasteiger partial charge on any atom is -0.435 e. The van der Waals surface area contributed by atoms with Crippen LogP contribution in [0.25, 0.3) is 0 Å². The van der Waals surface area contributed by atoms with Gasteiger partial charge in [0.05, 0.1) is 8.07 Å². The maximum absolute atomic E-state index is 12.1. The fourth-order valence-corrected chi connectivity index (χ4v) is 2.76. The molecule has 0 aromatic heterocycles. The van der Waals surface area contributed by atoms with Crippen LogP contribution in [0.15, 0.2) is 24.3 Å². The molecule has 0 aliphatic rings. The topological polar surface area (TPSA) is 9.23 Å². The third kappa shape index (κ3) is 2.80. The normalized spacial score (nSPS) is 11.9. The zero-order chi connectivity index (χ0) is 10.8. The Hall–Kier alpha value is -0.903. The molecule has 0 fully saturated rings. The molecule has 4 heteroatoms. The molecule has 0 saturated heterocycles. The Bertz CT molecular complexity index is 307. The fraction of sp³-hybridized carbons (Fsp3) is 0.400. The van der Waals surface area contributed by atoms with Crippen LogP contribution in [0.2, 0.25) is 19.6 Å². The highest BCUT2D eigenvalue weighted by molar-refractivity contribution is 6.89. The zero-order valence-electron chi connectivity index (χ0n) is 8.55.